The lowest BCUT2D eigenvalue weighted by Crippen LogP contribution is -2.25. The smallest absolute Gasteiger partial charge is 0.496 e. The van der Waals surface area contributed by atoms with Gasteiger partial charge >= 0.3 is 13.3 Å². The van der Waals surface area contributed by atoms with Crippen molar-refractivity contribution in [2.45, 2.75) is 38.4 Å². The van der Waals surface area contributed by atoms with Gasteiger partial charge in [0.05, 0.1) is 7.11 Å². The molecule has 0 saturated heterocycles. The average Bonchev–Trinajstić information content (AvgIpc) is 2.35. The third kappa shape index (κ3) is 5.85. The standard InChI is InChI=1S/C14H20BClO6/c1-14(2,3)21-13(17)10-7-5-6-9(12(10)20-4)8-11(16)22-15(18)19/h5-7,11,18-19H,8H2,1-4H3/t11-/m0/s1. The number of methoxy groups -OCH3 is 1. The lowest BCUT2D eigenvalue weighted by atomic mass is 10.1. The van der Waals surface area contributed by atoms with Gasteiger partial charge in [-0.2, -0.15) is 0 Å². The molecule has 1 aromatic carbocycles. The highest BCUT2D eigenvalue weighted by Gasteiger charge is 2.24. The van der Waals surface area contributed by atoms with Crippen LogP contribution in [0.5, 0.6) is 5.75 Å². The first-order valence-electron chi connectivity index (χ1n) is 6.69. The second-order valence-electron chi connectivity index (χ2n) is 5.58. The van der Waals surface area contributed by atoms with Crippen LogP contribution in [0.3, 0.4) is 0 Å². The molecule has 0 spiro atoms. The van der Waals surface area contributed by atoms with Crippen molar-refractivity contribution in [2.75, 3.05) is 7.11 Å². The summed E-state index contributed by atoms with van der Waals surface area (Å²) in [5, 5.41) is 17.5. The van der Waals surface area contributed by atoms with E-state index in [2.05, 4.69) is 4.65 Å². The molecule has 0 bridgehead atoms. The summed E-state index contributed by atoms with van der Waals surface area (Å²) >= 11 is 5.86. The highest BCUT2D eigenvalue weighted by molar-refractivity contribution is 6.34. The van der Waals surface area contributed by atoms with E-state index >= 15 is 0 Å². The number of alkyl halides is 1. The largest absolute Gasteiger partial charge is 0.635 e. The number of para-hydroxylation sites is 1. The van der Waals surface area contributed by atoms with Crippen molar-refractivity contribution in [2.24, 2.45) is 0 Å². The molecule has 1 aromatic rings. The van der Waals surface area contributed by atoms with Crippen LogP contribution in [0.1, 0.15) is 36.7 Å². The Morgan fingerprint density at radius 2 is 2.00 bits per heavy atom. The van der Waals surface area contributed by atoms with E-state index in [1.165, 1.54) is 7.11 Å². The van der Waals surface area contributed by atoms with Gasteiger partial charge in [-0.25, -0.2) is 4.79 Å². The number of hydrogen-bond acceptors (Lipinski definition) is 6. The third-order valence-corrected chi connectivity index (χ3v) is 2.83. The molecule has 0 heterocycles. The Morgan fingerprint density at radius 1 is 1.36 bits per heavy atom. The van der Waals surface area contributed by atoms with Gasteiger partial charge in [-0.3, -0.25) is 0 Å². The Bertz CT molecular complexity index is 515. The summed E-state index contributed by atoms with van der Waals surface area (Å²) < 4.78 is 15.2. The summed E-state index contributed by atoms with van der Waals surface area (Å²) in [6.07, 6.45) is 0.124. The van der Waals surface area contributed by atoms with Gasteiger partial charge in [-0.15, -0.1) is 0 Å². The molecule has 8 heteroatoms. The van der Waals surface area contributed by atoms with Crippen LogP contribution in [-0.2, 0) is 15.8 Å². The summed E-state index contributed by atoms with van der Waals surface area (Å²) in [5.41, 5.74) is -0.755. The molecule has 122 valence electrons. The van der Waals surface area contributed by atoms with Crippen molar-refractivity contribution in [3.05, 3.63) is 29.3 Å². The molecule has 0 aliphatic rings. The number of esters is 1. The van der Waals surface area contributed by atoms with Crippen molar-refractivity contribution in [1.82, 2.24) is 0 Å². The molecule has 2 N–H and O–H groups in total. The molecule has 0 saturated carbocycles. The molecule has 6 nitrogen and oxygen atoms in total. The fourth-order valence-corrected chi connectivity index (χ4v) is 2.09. The zero-order valence-corrected chi connectivity index (χ0v) is 13.8. The van der Waals surface area contributed by atoms with Crippen LogP contribution < -0.4 is 4.74 Å². The van der Waals surface area contributed by atoms with Gasteiger partial charge in [0, 0.05) is 6.42 Å². The maximum Gasteiger partial charge on any atom is 0.635 e. The zero-order chi connectivity index (χ0) is 16.9. The van der Waals surface area contributed by atoms with Gasteiger partial charge in [0.15, 0.2) is 0 Å². The van der Waals surface area contributed by atoms with Crippen LogP contribution in [0.2, 0.25) is 0 Å². The summed E-state index contributed by atoms with van der Waals surface area (Å²) in [5.74, 6) is -0.195. The molecule has 0 aliphatic heterocycles. The van der Waals surface area contributed by atoms with E-state index in [1.807, 2.05) is 0 Å². The number of ether oxygens (including phenoxy) is 2. The number of rotatable bonds is 6. The van der Waals surface area contributed by atoms with Crippen molar-refractivity contribution >= 4 is 24.9 Å². The Hall–Kier alpha value is -1.28. The van der Waals surface area contributed by atoms with Crippen LogP contribution in [0.4, 0.5) is 0 Å². The number of benzene rings is 1. The predicted octanol–water partition coefficient (Wildman–Crippen LogP) is 1.74. The summed E-state index contributed by atoms with van der Waals surface area (Å²) in [4.78, 5) is 12.2. The number of halogens is 1. The number of hydrogen-bond donors (Lipinski definition) is 2. The Labute approximate surface area is 135 Å². The fraction of sp³-hybridized carbons (Fsp3) is 0.500. The highest BCUT2D eigenvalue weighted by Crippen LogP contribution is 2.28. The van der Waals surface area contributed by atoms with Gasteiger partial charge in [0.1, 0.15) is 22.5 Å². The topological polar surface area (TPSA) is 85.2 Å². The minimum atomic E-state index is -1.97. The maximum atomic E-state index is 12.2. The van der Waals surface area contributed by atoms with E-state index in [9.17, 15) is 4.79 Å². The van der Waals surface area contributed by atoms with Gasteiger partial charge in [-0.1, -0.05) is 23.7 Å². The van der Waals surface area contributed by atoms with Crippen LogP contribution in [0, 0.1) is 0 Å². The van der Waals surface area contributed by atoms with Crippen molar-refractivity contribution in [3.8, 4) is 5.75 Å². The molecule has 0 aromatic heterocycles. The minimum Gasteiger partial charge on any atom is -0.496 e. The van der Waals surface area contributed by atoms with Gasteiger partial charge < -0.3 is 24.2 Å². The molecular weight excluding hydrogens is 310 g/mol. The van der Waals surface area contributed by atoms with Crippen LogP contribution in [0.25, 0.3) is 0 Å². The van der Waals surface area contributed by atoms with Crippen molar-refractivity contribution < 1.29 is 29.0 Å². The monoisotopic (exact) mass is 330 g/mol. The summed E-state index contributed by atoms with van der Waals surface area (Å²) in [6.45, 7) is 5.31. The SMILES string of the molecule is COc1c(C[C@@H](Cl)OB(O)O)cccc1C(=O)OC(C)(C)C. The molecule has 1 atom stereocenters. The lowest BCUT2D eigenvalue weighted by Gasteiger charge is -2.21. The molecule has 22 heavy (non-hydrogen) atoms. The minimum absolute atomic E-state index is 0.124. The molecule has 1 rings (SSSR count). The summed E-state index contributed by atoms with van der Waals surface area (Å²) in [6, 6.07) is 4.95. The zero-order valence-electron chi connectivity index (χ0n) is 13.0. The highest BCUT2D eigenvalue weighted by atomic mass is 35.5. The van der Waals surface area contributed by atoms with Gasteiger partial charge in [0.25, 0.3) is 0 Å². The third-order valence-electron chi connectivity index (χ3n) is 2.57. The fourth-order valence-electron chi connectivity index (χ4n) is 1.83. The van der Waals surface area contributed by atoms with E-state index in [4.69, 9.17) is 31.1 Å². The van der Waals surface area contributed by atoms with Crippen molar-refractivity contribution in [3.63, 3.8) is 0 Å². The Kier molecular flexibility index (Phi) is 6.68. The Morgan fingerprint density at radius 3 is 2.50 bits per heavy atom. The first kappa shape index (κ1) is 18.8. The average molecular weight is 331 g/mol. The Balaban J connectivity index is 3.02. The second-order valence-corrected chi connectivity index (χ2v) is 6.06. The molecule has 0 fully saturated rings. The molecule has 0 aliphatic carbocycles. The lowest BCUT2D eigenvalue weighted by molar-refractivity contribution is 0.00660. The molecule has 0 radical (unpaired) electrons. The first-order chi connectivity index (χ1) is 10.1. The number of carbonyl (C=O) groups is 1. The van der Waals surface area contributed by atoms with E-state index < -0.39 is 24.5 Å². The van der Waals surface area contributed by atoms with Crippen molar-refractivity contribution in [1.29, 1.82) is 0 Å². The maximum absolute atomic E-state index is 12.2. The molecule has 0 amide bonds. The quantitative estimate of drug-likeness (QED) is 0.469. The molecular formula is C14H20BClO6. The van der Waals surface area contributed by atoms with Gasteiger partial charge in [-0.05, 0) is 32.4 Å². The summed E-state index contributed by atoms with van der Waals surface area (Å²) in [7, 11) is -0.542. The van der Waals surface area contributed by atoms with Crippen LogP contribution in [0.15, 0.2) is 18.2 Å². The predicted molar refractivity (Wildman–Crippen MR) is 82.8 cm³/mol. The van der Waals surface area contributed by atoms with Crippen LogP contribution in [-0.4, -0.2) is 41.6 Å². The first-order valence-corrected chi connectivity index (χ1v) is 7.12. The normalized spacial score (nSPS) is 12.7. The van der Waals surface area contributed by atoms with Gasteiger partial charge in [0.2, 0.25) is 0 Å². The van der Waals surface area contributed by atoms with Crippen LogP contribution >= 0.6 is 11.6 Å². The van der Waals surface area contributed by atoms with E-state index in [0.717, 1.165) is 0 Å². The van der Waals surface area contributed by atoms with E-state index in [0.29, 0.717) is 11.3 Å². The second kappa shape index (κ2) is 7.83. The van der Waals surface area contributed by atoms with E-state index in [-0.39, 0.29) is 12.0 Å². The van der Waals surface area contributed by atoms with E-state index in [1.54, 1.807) is 39.0 Å². The number of carbonyl (C=O) groups excluding carboxylic acids is 1. The molecule has 0 unspecified atom stereocenters.